The molecule has 0 saturated heterocycles. The van der Waals surface area contributed by atoms with Crippen LogP contribution < -0.4 is 10.1 Å². The van der Waals surface area contributed by atoms with E-state index in [-0.39, 0.29) is 11.8 Å². The summed E-state index contributed by atoms with van der Waals surface area (Å²) in [6.07, 6.45) is 0. The fraction of sp³-hybridized carbons (Fsp3) is 0.200. The SMILES string of the molecule is COc1cc2nc(S)sc2cc1NC(=O)CCl. The molecule has 1 aromatic carbocycles. The summed E-state index contributed by atoms with van der Waals surface area (Å²) in [5.41, 5.74) is 1.38. The van der Waals surface area contributed by atoms with Crippen molar-refractivity contribution in [3.63, 3.8) is 0 Å². The number of nitrogens with zero attached hydrogens (tertiary/aromatic N) is 1. The van der Waals surface area contributed by atoms with Gasteiger partial charge in [-0.1, -0.05) is 0 Å². The van der Waals surface area contributed by atoms with Gasteiger partial charge < -0.3 is 10.1 Å². The number of alkyl halides is 1. The summed E-state index contributed by atoms with van der Waals surface area (Å²) < 4.78 is 6.79. The Hall–Kier alpha value is -0.980. The molecule has 1 heterocycles. The molecule has 7 heteroatoms. The molecule has 1 N–H and O–H groups in total. The van der Waals surface area contributed by atoms with Crippen molar-refractivity contribution < 1.29 is 9.53 Å². The molecule has 4 nitrogen and oxygen atoms in total. The largest absolute Gasteiger partial charge is 0.494 e. The molecule has 90 valence electrons. The Morgan fingerprint density at radius 2 is 2.41 bits per heavy atom. The molecule has 0 saturated carbocycles. The highest BCUT2D eigenvalue weighted by Gasteiger charge is 2.11. The number of methoxy groups -OCH3 is 1. The van der Waals surface area contributed by atoms with Crippen molar-refractivity contribution in [3.05, 3.63) is 12.1 Å². The van der Waals surface area contributed by atoms with Gasteiger partial charge in [0.05, 0.1) is 23.0 Å². The smallest absolute Gasteiger partial charge is 0.239 e. The highest BCUT2D eigenvalue weighted by Crippen LogP contribution is 2.34. The van der Waals surface area contributed by atoms with Crippen LogP contribution in [0.25, 0.3) is 10.2 Å². The second-order valence-electron chi connectivity index (χ2n) is 3.20. The lowest BCUT2D eigenvalue weighted by Gasteiger charge is -2.08. The van der Waals surface area contributed by atoms with E-state index in [1.54, 1.807) is 12.1 Å². The van der Waals surface area contributed by atoms with Crippen LogP contribution in [0.3, 0.4) is 0 Å². The predicted molar refractivity (Wildman–Crippen MR) is 72.8 cm³/mol. The highest BCUT2D eigenvalue weighted by atomic mass is 35.5. The Balaban J connectivity index is 2.48. The second-order valence-corrected chi connectivity index (χ2v) is 5.22. The highest BCUT2D eigenvalue weighted by molar-refractivity contribution is 7.82. The molecule has 0 aliphatic carbocycles. The second kappa shape index (κ2) is 5.12. The third kappa shape index (κ3) is 2.65. The number of hydrogen-bond donors (Lipinski definition) is 2. The Bertz CT molecular complexity index is 571. The van der Waals surface area contributed by atoms with Crippen LogP contribution in [-0.2, 0) is 4.79 Å². The number of fused-ring (bicyclic) bond motifs is 1. The van der Waals surface area contributed by atoms with Crippen molar-refractivity contribution >= 4 is 57.4 Å². The van der Waals surface area contributed by atoms with E-state index in [0.29, 0.717) is 15.8 Å². The topological polar surface area (TPSA) is 51.2 Å². The number of rotatable bonds is 3. The van der Waals surface area contributed by atoms with E-state index < -0.39 is 0 Å². The zero-order valence-electron chi connectivity index (χ0n) is 8.86. The first-order chi connectivity index (χ1) is 8.13. The minimum atomic E-state index is -0.278. The molecular formula is C10H9ClN2O2S2. The fourth-order valence-corrected chi connectivity index (χ4v) is 2.59. The van der Waals surface area contributed by atoms with Crippen LogP contribution in [0.15, 0.2) is 16.5 Å². The summed E-state index contributed by atoms with van der Waals surface area (Å²) in [4.78, 5) is 15.5. The van der Waals surface area contributed by atoms with Gasteiger partial charge in [0.15, 0.2) is 0 Å². The number of thiol groups is 1. The summed E-state index contributed by atoms with van der Waals surface area (Å²) in [6.45, 7) is 0. The molecular weight excluding hydrogens is 280 g/mol. The molecule has 1 aromatic heterocycles. The number of anilines is 1. The van der Waals surface area contributed by atoms with Crippen LogP contribution in [0.5, 0.6) is 5.75 Å². The molecule has 0 fully saturated rings. The standard InChI is InChI=1S/C10H9ClN2O2S2/c1-15-7-2-6-8(17-10(16)13-6)3-5(7)12-9(14)4-11/h2-3H,4H2,1H3,(H,12,14)(H,13,16). The number of hydrogen-bond acceptors (Lipinski definition) is 5. The third-order valence-electron chi connectivity index (χ3n) is 2.09. The molecule has 2 rings (SSSR count). The monoisotopic (exact) mass is 288 g/mol. The van der Waals surface area contributed by atoms with Gasteiger partial charge in [0.1, 0.15) is 16.0 Å². The Kier molecular flexibility index (Phi) is 3.76. The Labute approximate surface area is 112 Å². The van der Waals surface area contributed by atoms with Crippen molar-refractivity contribution in [1.82, 2.24) is 4.98 Å². The van der Waals surface area contributed by atoms with Crippen LogP contribution >= 0.6 is 35.6 Å². The number of benzene rings is 1. The van der Waals surface area contributed by atoms with E-state index in [1.807, 2.05) is 0 Å². The molecule has 0 bridgehead atoms. The summed E-state index contributed by atoms with van der Waals surface area (Å²) in [5.74, 6) is 0.177. The molecule has 0 aliphatic heterocycles. The zero-order valence-corrected chi connectivity index (χ0v) is 11.3. The lowest BCUT2D eigenvalue weighted by atomic mass is 10.2. The maximum Gasteiger partial charge on any atom is 0.239 e. The van der Waals surface area contributed by atoms with Gasteiger partial charge in [-0.25, -0.2) is 4.98 Å². The number of amides is 1. The lowest BCUT2D eigenvalue weighted by molar-refractivity contribution is -0.113. The fourth-order valence-electron chi connectivity index (χ4n) is 1.39. The number of thiazole rings is 1. The number of halogens is 1. The van der Waals surface area contributed by atoms with Crippen LogP contribution in [0.4, 0.5) is 5.69 Å². The van der Waals surface area contributed by atoms with Crippen molar-refractivity contribution in [2.45, 2.75) is 4.34 Å². The molecule has 0 atom stereocenters. The van der Waals surface area contributed by atoms with E-state index in [1.165, 1.54) is 18.4 Å². The number of carbonyl (C=O) groups excluding carboxylic acids is 1. The summed E-state index contributed by atoms with van der Waals surface area (Å²) >= 11 is 11.1. The summed E-state index contributed by atoms with van der Waals surface area (Å²) in [5, 5.41) is 2.67. The summed E-state index contributed by atoms with van der Waals surface area (Å²) in [6, 6.07) is 3.56. The van der Waals surface area contributed by atoms with Crippen molar-refractivity contribution in [2.75, 3.05) is 18.3 Å². The van der Waals surface area contributed by atoms with Crippen LogP contribution in [0, 0.1) is 0 Å². The van der Waals surface area contributed by atoms with Crippen molar-refractivity contribution in [3.8, 4) is 5.75 Å². The average Bonchev–Trinajstić information content (AvgIpc) is 2.67. The Morgan fingerprint density at radius 1 is 1.65 bits per heavy atom. The predicted octanol–water partition coefficient (Wildman–Crippen LogP) is 2.77. The number of nitrogens with one attached hydrogen (secondary N) is 1. The van der Waals surface area contributed by atoms with Gasteiger partial charge in [0.25, 0.3) is 0 Å². The van der Waals surface area contributed by atoms with Gasteiger partial charge in [0, 0.05) is 6.07 Å². The molecule has 17 heavy (non-hydrogen) atoms. The molecule has 0 unspecified atom stereocenters. The van der Waals surface area contributed by atoms with E-state index in [2.05, 4.69) is 22.9 Å². The third-order valence-corrected chi connectivity index (χ3v) is 3.53. The van der Waals surface area contributed by atoms with Gasteiger partial charge in [-0.2, -0.15) is 0 Å². The number of carbonyl (C=O) groups is 1. The first-order valence-corrected chi connectivity index (χ1v) is 6.47. The normalized spacial score (nSPS) is 10.5. The van der Waals surface area contributed by atoms with E-state index >= 15 is 0 Å². The van der Waals surface area contributed by atoms with Crippen molar-refractivity contribution in [1.29, 1.82) is 0 Å². The minimum Gasteiger partial charge on any atom is -0.494 e. The van der Waals surface area contributed by atoms with Crippen LogP contribution in [0.1, 0.15) is 0 Å². The molecule has 0 radical (unpaired) electrons. The molecule has 0 aliphatic rings. The number of ether oxygens (including phenoxy) is 1. The first kappa shape index (κ1) is 12.5. The van der Waals surface area contributed by atoms with E-state index in [9.17, 15) is 4.79 Å². The van der Waals surface area contributed by atoms with Crippen molar-refractivity contribution in [2.24, 2.45) is 0 Å². The van der Waals surface area contributed by atoms with E-state index in [0.717, 1.165) is 10.2 Å². The minimum absolute atomic E-state index is 0.0955. The number of aromatic nitrogens is 1. The summed E-state index contributed by atoms with van der Waals surface area (Å²) in [7, 11) is 1.53. The molecule has 2 aromatic rings. The van der Waals surface area contributed by atoms with Crippen LogP contribution in [-0.4, -0.2) is 23.9 Å². The van der Waals surface area contributed by atoms with Crippen LogP contribution in [0.2, 0.25) is 0 Å². The van der Waals surface area contributed by atoms with E-state index in [4.69, 9.17) is 16.3 Å². The van der Waals surface area contributed by atoms with Gasteiger partial charge in [0.2, 0.25) is 5.91 Å². The van der Waals surface area contributed by atoms with Gasteiger partial charge in [-0.3, -0.25) is 4.79 Å². The van der Waals surface area contributed by atoms with Gasteiger partial charge in [-0.05, 0) is 6.07 Å². The van der Waals surface area contributed by atoms with Gasteiger partial charge in [-0.15, -0.1) is 35.6 Å². The average molecular weight is 289 g/mol. The maximum atomic E-state index is 11.3. The maximum absolute atomic E-state index is 11.3. The van der Waals surface area contributed by atoms with Gasteiger partial charge >= 0.3 is 0 Å². The molecule has 1 amide bonds. The first-order valence-electron chi connectivity index (χ1n) is 4.67. The lowest BCUT2D eigenvalue weighted by Crippen LogP contribution is -2.13. The Morgan fingerprint density at radius 3 is 3.06 bits per heavy atom. The quantitative estimate of drug-likeness (QED) is 0.674. The molecule has 0 spiro atoms. The zero-order chi connectivity index (χ0) is 12.4.